The lowest BCUT2D eigenvalue weighted by Gasteiger charge is -2.19. The van der Waals surface area contributed by atoms with Crippen LogP contribution in [-0.4, -0.2) is 4.98 Å². The van der Waals surface area contributed by atoms with Crippen LogP contribution < -0.4 is 5.32 Å². The van der Waals surface area contributed by atoms with Gasteiger partial charge in [0, 0.05) is 18.8 Å². The molecule has 2 aromatic rings. The predicted molar refractivity (Wildman–Crippen MR) is 84.6 cm³/mol. The van der Waals surface area contributed by atoms with Gasteiger partial charge in [-0.3, -0.25) is 4.98 Å². The van der Waals surface area contributed by atoms with E-state index in [0.29, 0.717) is 0 Å². The maximum absolute atomic E-state index is 4.37. The highest BCUT2D eigenvalue weighted by Gasteiger charge is 2.13. The van der Waals surface area contributed by atoms with E-state index in [4.69, 9.17) is 0 Å². The summed E-state index contributed by atoms with van der Waals surface area (Å²) in [7, 11) is 0. The number of nitrogens with zero attached hydrogens (tertiary/aromatic N) is 1. The molecule has 0 aliphatic rings. The van der Waals surface area contributed by atoms with Crippen molar-refractivity contribution in [3.8, 4) is 0 Å². The number of benzene rings is 1. The Kier molecular flexibility index (Phi) is 4.56. The maximum Gasteiger partial charge on any atom is 0.0570 e. The van der Waals surface area contributed by atoms with Crippen LogP contribution in [0.1, 0.15) is 50.6 Å². The van der Waals surface area contributed by atoms with Gasteiger partial charge in [-0.2, -0.15) is 0 Å². The lowest BCUT2D eigenvalue weighted by atomic mass is 9.87. The molecule has 0 fully saturated rings. The first-order chi connectivity index (χ1) is 9.47. The smallest absolute Gasteiger partial charge is 0.0570 e. The van der Waals surface area contributed by atoms with Gasteiger partial charge in [0.2, 0.25) is 0 Å². The van der Waals surface area contributed by atoms with Gasteiger partial charge in [0.05, 0.1) is 5.69 Å². The minimum atomic E-state index is 0.215. The molecule has 0 saturated carbocycles. The number of nitrogens with one attached hydrogen (secondary N) is 1. The third-order valence-corrected chi connectivity index (χ3v) is 3.56. The standard InChI is InChI=1S/C18H24N2/c1-14(17-7-5-6-12-19-17)20-13-15-8-10-16(11-9-15)18(2,3)4/h5-12,14,20H,13H2,1-4H3/t14-/m0/s1. The van der Waals surface area contributed by atoms with Gasteiger partial charge < -0.3 is 5.32 Å². The van der Waals surface area contributed by atoms with E-state index in [0.717, 1.165) is 12.2 Å². The Balaban J connectivity index is 1.94. The van der Waals surface area contributed by atoms with E-state index < -0.39 is 0 Å². The van der Waals surface area contributed by atoms with E-state index in [9.17, 15) is 0 Å². The van der Waals surface area contributed by atoms with Crippen molar-refractivity contribution in [2.45, 2.75) is 45.7 Å². The molecular weight excluding hydrogens is 244 g/mol. The highest BCUT2D eigenvalue weighted by atomic mass is 14.9. The minimum absolute atomic E-state index is 0.215. The van der Waals surface area contributed by atoms with E-state index >= 15 is 0 Å². The first-order valence-corrected chi connectivity index (χ1v) is 7.20. The quantitative estimate of drug-likeness (QED) is 0.897. The zero-order valence-electron chi connectivity index (χ0n) is 12.9. The van der Waals surface area contributed by atoms with Crippen molar-refractivity contribution in [1.82, 2.24) is 10.3 Å². The predicted octanol–water partition coefficient (Wildman–Crippen LogP) is 4.23. The van der Waals surface area contributed by atoms with Gasteiger partial charge in [0.15, 0.2) is 0 Å². The summed E-state index contributed by atoms with van der Waals surface area (Å²) >= 11 is 0. The van der Waals surface area contributed by atoms with Crippen molar-refractivity contribution in [1.29, 1.82) is 0 Å². The van der Waals surface area contributed by atoms with Crippen molar-refractivity contribution in [2.75, 3.05) is 0 Å². The van der Waals surface area contributed by atoms with E-state index in [1.165, 1.54) is 11.1 Å². The number of hydrogen-bond acceptors (Lipinski definition) is 2. The second kappa shape index (κ2) is 6.19. The number of rotatable bonds is 4. The Hall–Kier alpha value is -1.67. The molecule has 1 atom stereocenters. The minimum Gasteiger partial charge on any atom is -0.305 e. The molecule has 2 heteroatoms. The van der Waals surface area contributed by atoms with Crippen LogP contribution in [0.15, 0.2) is 48.7 Å². The maximum atomic E-state index is 4.37. The molecule has 0 bridgehead atoms. The van der Waals surface area contributed by atoms with E-state index in [2.05, 4.69) is 68.3 Å². The third kappa shape index (κ3) is 3.91. The lowest BCUT2D eigenvalue weighted by Crippen LogP contribution is -2.19. The fraction of sp³-hybridized carbons (Fsp3) is 0.389. The summed E-state index contributed by atoms with van der Waals surface area (Å²) in [5, 5.41) is 3.51. The molecule has 106 valence electrons. The highest BCUT2D eigenvalue weighted by Crippen LogP contribution is 2.22. The van der Waals surface area contributed by atoms with Crippen molar-refractivity contribution < 1.29 is 0 Å². The van der Waals surface area contributed by atoms with Crippen LogP contribution in [-0.2, 0) is 12.0 Å². The summed E-state index contributed by atoms with van der Waals surface area (Å²) in [5.41, 5.74) is 3.98. The topological polar surface area (TPSA) is 24.9 Å². The summed E-state index contributed by atoms with van der Waals surface area (Å²) < 4.78 is 0. The second-order valence-electron chi connectivity index (χ2n) is 6.30. The number of hydrogen-bond donors (Lipinski definition) is 1. The fourth-order valence-corrected chi connectivity index (χ4v) is 2.13. The van der Waals surface area contributed by atoms with Gasteiger partial charge in [-0.1, -0.05) is 51.1 Å². The first-order valence-electron chi connectivity index (χ1n) is 7.20. The van der Waals surface area contributed by atoms with Crippen LogP contribution in [0.2, 0.25) is 0 Å². The summed E-state index contributed by atoms with van der Waals surface area (Å²) in [6.07, 6.45) is 1.84. The largest absolute Gasteiger partial charge is 0.305 e. The van der Waals surface area contributed by atoms with E-state index in [1.54, 1.807) is 0 Å². The molecule has 1 N–H and O–H groups in total. The molecular formula is C18H24N2. The van der Waals surface area contributed by atoms with Crippen molar-refractivity contribution >= 4 is 0 Å². The average Bonchev–Trinajstić information content (AvgIpc) is 2.45. The molecule has 20 heavy (non-hydrogen) atoms. The molecule has 2 nitrogen and oxygen atoms in total. The van der Waals surface area contributed by atoms with E-state index in [1.807, 2.05) is 18.3 Å². The molecule has 2 rings (SSSR count). The first kappa shape index (κ1) is 14.7. The fourth-order valence-electron chi connectivity index (χ4n) is 2.13. The molecule has 1 aromatic carbocycles. The molecule has 1 heterocycles. The monoisotopic (exact) mass is 268 g/mol. The molecule has 0 amide bonds. The van der Waals surface area contributed by atoms with Crippen LogP contribution in [0.3, 0.4) is 0 Å². The molecule has 0 radical (unpaired) electrons. The Morgan fingerprint density at radius 2 is 1.75 bits per heavy atom. The summed E-state index contributed by atoms with van der Waals surface area (Å²) in [6.45, 7) is 9.73. The summed E-state index contributed by atoms with van der Waals surface area (Å²) in [6, 6.07) is 15.2. The second-order valence-corrected chi connectivity index (χ2v) is 6.30. The summed E-state index contributed by atoms with van der Waals surface area (Å²) in [5.74, 6) is 0. The lowest BCUT2D eigenvalue weighted by molar-refractivity contribution is 0.560. The van der Waals surface area contributed by atoms with Crippen LogP contribution in [0.4, 0.5) is 0 Å². The zero-order valence-corrected chi connectivity index (χ0v) is 12.9. The van der Waals surface area contributed by atoms with Crippen molar-refractivity contribution in [2.24, 2.45) is 0 Å². The molecule has 0 unspecified atom stereocenters. The Morgan fingerprint density at radius 3 is 2.30 bits per heavy atom. The van der Waals surface area contributed by atoms with Gasteiger partial charge >= 0.3 is 0 Å². The van der Waals surface area contributed by atoms with Crippen LogP contribution in [0, 0.1) is 0 Å². The van der Waals surface area contributed by atoms with Gasteiger partial charge in [-0.25, -0.2) is 0 Å². The molecule has 0 saturated heterocycles. The molecule has 0 aliphatic carbocycles. The van der Waals surface area contributed by atoms with Gasteiger partial charge in [0.25, 0.3) is 0 Å². The average molecular weight is 268 g/mol. The highest BCUT2D eigenvalue weighted by molar-refractivity contribution is 5.27. The SMILES string of the molecule is C[C@H](NCc1ccc(C(C)(C)C)cc1)c1ccccn1. The number of pyridine rings is 1. The zero-order chi connectivity index (χ0) is 14.6. The Labute approximate surface area is 122 Å². The van der Waals surface area contributed by atoms with Gasteiger partial charge in [0.1, 0.15) is 0 Å². The van der Waals surface area contributed by atoms with Gasteiger partial charge in [-0.15, -0.1) is 0 Å². The normalized spacial score (nSPS) is 13.2. The van der Waals surface area contributed by atoms with Crippen molar-refractivity contribution in [3.05, 3.63) is 65.5 Å². The molecule has 0 aliphatic heterocycles. The Morgan fingerprint density at radius 1 is 1.05 bits per heavy atom. The van der Waals surface area contributed by atoms with Crippen LogP contribution in [0.25, 0.3) is 0 Å². The summed E-state index contributed by atoms with van der Waals surface area (Å²) in [4.78, 5) is 4.37. The Bertz CT molecular complexity index is 524. The van der Waals surface area contributed by atoms with Crippen molar-refractivity contribution in [3.63, 3.8) is 0 Å². The molecule has 1 aromatic heterocycles. The van der Waals surface area contributed by atoms with Crippen LogP contribution >= 0.6 is 0 Å². The van der Waals surface area contributed by atoms with Crippen LogP contribution in [0.5, 0.6) is 0 Å². The molecule has 0 spiro atoms. The van der Waals surface area contributed by atoms with E-state index in [-0.39, 0.29) is 11.5 Å². The third-order valence-electron chi connectivity index (χ3n) is 3.56. The van der Waals surface area contributed by atoms with Gasteiger partial charge in [-0.05, 0) is 35.6 Å². The number of aromatic nitrogens is 1.